The van der Waals surface area contributed by atoms with E-state index in [-0.39, 0.29) is 5.56 Å². The van der Waals surface area contributed by atoms with E-state index in [4.69, 9.17) is 4.74 Å². The van der Waals surface area contributed by atoms with Gasteiger partial charge in [0.15, 0.2) is 5.65 Å². The van der Waals surface area contributed by atoms with Crippen molar-refractivity contribution in [3.05, 3.63) is 52.8 Å². The minimum absolute atomic E-state index is 0.163. The molecule has 0 saturated carbocycles. The van der Waals surface area contributed by atoms with E-state index in [0.717, 1.165) is 24.3 Å². The third-order valence-electron chi connectivity index (χ3n) is 3.55. The van der Waals surface area contributed by atoms with Crippen molar-refractivity contribution in [2.24, 2.45) is 0 Å². The molecule has 0 fully saturated rings. The van der Waals surface area contributed by atoms with Gasteiger partial charge in [-0.15, -0.1) is 0 Å². The van der Waals surface area contributed by atoms with Crippen LogP contribution in [0.2, 0.25) is 0 Å². The van der Waals surface area contributed by atoms with Crippen molar-refractivity contribution in [3.8, 4) is 5.69 Å². The smallest absolute Gasteiger partial charge is 0.251 e. The first-order valence-electron chi connectivity index (χ1n) is 6.70. The van der Waals surface area contributed by atoms with E-state index in [1.54, 1.807) is 21.6 Å². The largest absolute Gasteiger partial charge is 0.377 e. The van der Waals surface area contributed by atoms with Gasteiger partial charge in [0, 0.05) is 24.0 Å². The number of aromatic amines is 1. The van der Waals surface area contributed by atoms with Crippen LogP contribution >= 0.6 is 0 Å². The second-order valence-corrected chi connectivity index (χ2v) is 4.86. The van der Waals surface area contributed by atoms with Gasteiger partial charge in [-0.25, -0.2) is 9.20 Å². The number of H-pyrrole nitrogens is 1. The molecule has 0 unspecified atom stereocenters. The van der Waals surface area contributed by atoms with Gasteiger partial charge in [0.05, 0.1) is 25.6 Å². The SMILES string of the molecule is O=c1ccn2ncc(-n3cc(C4=CCOCC4)cn3)c2[nH]1. The lowest BCUT2D eigenvalue weighted by Crippen LogP contribution is -2.07. The Hall–Kier alpha value is -2.67. The van der Waals surface area contributed by atoms with Crippen LogP contribution in [0.1, 0.15) is 12.0 Å². The molecule has 1 N–H and O–H groups in total. The predicted octanol–water partition coefficient (Wildman–Crippen LogP) is 1.01. The molecule has 1 aliphatic rings. The topological polar surface area (TPSA) is 77.2 Å². The summed E-state index contributed by atoms with van der Waals surface area (Å²) >= 11 is 0. The second-order valence-electron chi connectivity index (χ2n) is 4.86. The van der Waals surface area contributed by atoms with Crippen LogP contribution in [-0.2, 0) is 4.74 Å². The lowest BCUT2D eigenvalue weighted by Gasteiger charge is -2.11. The zero-order valence-electron chi connectivity index (χ0n) is 11.2. The Kier molecular flexibility index (Phi) is 2.71. The fourth-order valence-electron chi connectivity index (χ4n) is 2.46. The maximum absolute atomic E-state index is 11.5. The third kappa shape index (κ3) is 2.07. The average molecular weight is 283 g/mol. The van der Waals surface area contributed by atoms with Crippen LogP contribution in [0, 0.1) is 0 Å². The van der Waals surface area contributed by atoms with Crippen molar-refractivity contribution in [2.75, 3.05) is 13.2 Å². The maximum atomic E-state index is 11.5. The molecule has 7 nitrogen and oxygen atoms in total. The summed E-state index contributed by atoms with van der Waals surface area (Å²) in [5.41, 5.74) is 3.50. The van der Waals surface area contributed by atoms with Gasteiger partial charge in [-0.05, 0) is 12.0 Å². The molecular formula is C14H13N5O2. The molecule has 21 heavy (non-hydrogen) atoms. The van der Waals surface area contributed by atoms with Crippen LogP contribution in [0.5, 0.6) is 0 Å². The molecule has 7 heteroatoms. The van der Waals surface area contributed by atoms with Crippen molar-refractivity contribution in [1.82, 2.24) is 24.4 Å². The zero-order chi connectivity index (χ0) is 14.2. The van der Waals surface area contributed by atoms with Crippen molar-refractivity contribution in [1.29, 1.82) is 0 Å². The predicted molar refractivity (Wildman–Crippen MR) is 76.3 cm³/mol. The van der Waals surface area contributed by atoms with E-state index in [1.165, 1.54) is 11.6 Å². The molecule has 1 aliphatic heterocycles. The standard InChI is InChI=1S/C14H13N5O2/c20-13-1-4-18-14(17-13)12(8-16-18)19-9-11(7-15-19)10-2-5-21-6-3-10/h1-2,4,7-9H,3,5-6H2,(H,17,20). The van der Waals surface area contributed by atoms with Gasteiger partial charge in [0.2, 0.25) is 0 Å². The highest BCUT2D eigenvalue weighted by Crippen LogP contribution is 2.22. The number of hydrogen-bond donors (Lipinski definition) is 1. The Morgan fingerprint density at radius 1 is 1.29 bits per heavy atom. The van der Waals surface area contributed by atoms with E-state index < -0.39 is 0 Å². The van der Waals surface area contributed by atoms with Crippen LogP contribution in [0.4, 0.5) is 0 Å². The van der Waals surface area contributed by atoms with Crippen molar-refractivity contribution < 1.29 is 4.74 Å². The van der Waals surface area contributed by atoms with E-state index in [9.17, 15) is 4.79 Å². The fraction of sp³-hybridized carbons (Fsp3) is 0.214. The van der Waals surface area contributed by atoms with Crippen LogP contribution in [0.25, 0.3) is 16.9 Å². The summed E-state index contributed by atoms with van der Waals surface area (Å²) in [5, 5.41) is 8.58. The number of aromatic nitrogens is 5. The summed E-state index contributed by atoms with van der Waals surface area (Å²) in [6.07, 6.45) is 10.0. The number of nitrogens with one attached hydrogen (secondary N) is 1. The van der Waals surface area contributed by atoms with Crippen LogP contribution in [0.15, 0.2) is 41.7 Å². The molecule has 0 saturated heterocycles. The second kappa shape index (κ2) is 4.71. The Balaban J connectivity index is 1.79. The molecule has 0 atom stereocenters. The highest BCUT2D eigenvalue weighted by Gasteiger charge is 2.12. The maximum Gasteiger partial charge on any atom is 0.251 e. The molecule has 0 aliphatic carbocycles. The number of nitrogens with zero attached hydrogens (tertiary/aromatic N) is 4. The normalized spacial score (nSPS) is 15.3. The van der Waals surface area contributed by atoms with E-state index >= 15 is 0 Å². The summed E-state index contributed by atoms with van der Waals surface area (Å²) in [5.74, 6) is 0. The third-order valence-corrected chi connectivity index (χ3v) is 3.55. The highest BCUT2D eigenvalue weighted by molar-refractivity contribution is 5.66. The molecule has 0 bridgehead atoms. The van der Waals surface area contributed by atoms with Gasteiger partial charge in [0.25, 0.3) is 5.56 Å². The first kappa shape index (κ1) is 12.1. The van der Waals surface area contributed by atoms with Gasteiger partial charge in [-0.3, -0.25) is 4.79 Å². The number of rotatable bonds is 2. The van der Waals surface area contributed by atoms with Gasteiger partial charge < -0.3 is 9.72 Å². The summed E-state index contributed by atoms with van der Waals surface area (Å²) in [6, 6.07) is 1.44. The zero-order valence-corrected chi connectivity index (χ0v) is 11.2. The summed E-state index contributed by atoms with van der Waals surface area (Å²) in [7, 11) is 0. The van der Waals surface area contributed by atoms with Crippen molar-refractivity contribution >= 4 is 11.2 Å². The molecule has 3 aromatic heterocycles. The van der Waals surface area contributed by atoms with Gasteiger partial charge in [-0.1, -0.05) is 6.08 Å². The molecule has 0 spiro atoms. The molecule has 0 radical (unpaired) electrons. The molecule has 0 aromatic carbocycles. The van der Waals surface area contributed by atoms with E-state index in [0.29, 0.717) is 12.3 Å². The van der Waals surface area contributed by atoms with Gasteiger partial charge in [0.1, 0.15) is 5.69 Å². The summed E-state index contributed by atoms with van der Waals surface area (Å²) < 4.78 is 8.66. The Labute approximate surface area is 119 Å². The van der Waals surface area contributed by atoms with Crippen molar-refractivity contribution in [3.63, 3.8) is 0 Å². The van der Waals surface area contributed by atoms with E-state index in [2.05, 4.69) is 21.3 Å². The lowest BCUT2D eigenvalue weighted by molar-refractivity contribution is 0.161. The number of fused-ring (bicyclic) bond motifs is 1. The minimum Gasteiger partial charge on any atom is -0.377 e. The molecule has 0 amide bonds. The fourth-order valence-corrected chi connectivity index (χ4v) is 2.46. The minimum atomic E-state index is -0.163. The monoisotopic (exact) mass is 283 g/mol. The quantitative estimate of drug-likeness (QED) is 0.761. The van der Waals surface area contributed by atoms with Crippen molar-refractivity contribution in [2.45, 2.75) is 6.42 Å². The van der Waals surface area contributed by atoms with Crippen LogP contribution < -0.4 is 5.56 Å². The molecule has 3 aromatic rings. The molecule has 4 heterocycles. The first-order chi connectivity index (χ1) is 10.3. The Morgan fingerprint density at radius 3 is 3.10 bits per heavy atom. The molecule has 4 rings (SSSR count). The van der Waals surface area contributed by atoms with Gasteiger partial charge >= 0.3 is 0 Å². The first-order valence-corrected chi connectivity index (χ1v) is 6.70. The Morgan fingerprint density at radius 2 is 2.24 bits per heavy atom. The Bertz CT molecular complexity index is 886. The van der Waals surface area contributed by atoms with Gasteiger partial charge in [-0.2, -0.15) is 10.2 Å². The van der Waals surface area contributed by atoms with E-state index in [1.807, 2.05) is 12.4 Å². The average Bonchev–Trinajstić information content (AvgIpc) is 3.14. The highest BCUT2D eigenvalue weighted by atomic mass is 16.5. The number of ether oxygens (including phenoxy) is 1. The van der Waals surface area contributed by atoms with Crippen LogP contribution in [0.3, 0.4) is 0 Å². The summed E-state index contributed by atoms with van der Waals surface area (Å²) in [6.45, 7) is 1.38. The summed E-state index contributed by atoms with van der Waals surface area (Å²) in [4.78, 5) is 14.2. The van der Waals surface area contributed by atoms with Crippen LogP contribution in [-0.4, -0.2) is 37.6 Å². The molecule has 106 valence electrons. The molecular weight excluding hydrogens is 270 g/mol. The lowest BCUT2D eigenvalue weighted by atomic mass is 10.1. The number of hydrogen-bond acceptors (Lipinski definition) is 4.